The van der Waals surface area contributed by atoms with Crippen LogP contribution < -0.4 is 5.32 Å². The predicted octanol–water partition coefficient (Wildman–Crippen LogP) is 5.42. The molecule has 2 rings (SSSR count). The Balaban J connectivity index is -0.00000110. The Labute approximate surface area is 144 Å². The van der Waals surface area contributed by atoms with E-state index in [-0.39, 0.29) is 35.7 Å². The normalized spacial score (nSPS) is 13.4. The number of amides is 2. The van der Waals surface area contributed by atoms with Crippen LogP contribution in [0.1, 0.15) is 40.8 Å². The summed E-state index contributed by atoms with van der Waals surface area (Å²) in [6.45, 7) is 3.43. The predicted molar refractivity (Wildman–Crippen MR) is 94.5 cm³/mol. The number of halogens is 3. The van der Waals surface area contributed by atoms with Crippen LogP contribution in [0.25, 0.3) is 0 Å². The van der Waals surface area contributed by atoms with E-state index in [1.165, 1.54) is 13.0 Å². The Hall–Kier alpha value is -1.76. The minimum atomic E-state index is -4.38. The van der Waals surface area contributed by atoms with Crippen molar-refractivity contribution in [2.75, 3.05) is 31.6 Å². The topological polar surface area (TPSA) is 41.6 Å². The van der Waals surface area contributed by atoms with Crippen molar-refractivity contribution in [3.05, 3.63) is 29.3 Å². The largest absolute Gasteiger partial charge is 0.416 e. The molecule has 0 aliphatic carbocycles. The Kier molecular flexibility index (Phi) is 12.3. The second kappa shape index (κ2) is 10.9. The fourth-order valence-corrected chi connectivity index (χ4v) is 1.94. The van der Waals surface area contributed by atoms with Gasteiger partial charge in [-0.2, -0.15) is 13.2 Å². The molecule has 0 saturated carbocycles. The minimum absolute atomic E-state index is 0. The number of ether oxygens (including phenoxy) is 1. The molecule has 0 atom stereocenters. The van der Waals surface area contributed by atoms with Crippen molar-refractivity contribution in [1.29, 1.82) is 0 Å². The third-order valence-electron chi connectivity index (χ3n) is 3.09. The zero-order valence-electron chi connectivity index (χ0n) is 11.0. The Morgan fingerprint density at radius 1 is 1.12 bits per heavy atom. The van der Waals surface area contributed by atoms with Gasteiger partial charge in [0.25, 0.3) is 0 Å². The van der Waals surface area contributed by atoms with Crippen molar-refractivity contribution in [1.82, 2.24) is 4.90 Å². The number of alkyl halides is 3. The highest BCUT2D eigenvalue weighted by atomic mass is 19.4. The zero-order chi connectivity index (χ0) is 14.8. The molecule has 1 aliphatic heterocycles. The maximum Gasteiger partial charge on any atom is 0.416 e. The van der Waals surface area contributed by atoms with E-state index in [4.69, 9.17) is 4.74 Å². The van der Waals surface area contributed by atoms with Crippen LogP contribution in [-0.2, 0) is 10.9 Å². The van der Waals surface area contributed by atoms with E-state index in [0.29, 0.717) is 37.6 Å². The highest BCUT2D eigenvalue weighted by molar-refractivity contribution is 5.90. The lowest BCUT2D eigenvalue weighted by Gasteiger charge is -2.27. The van der Waals surface area contributed by atoms with Crippen molar-refractivity contribution in [3.63, 3.8) is 0 Å². The van der Waals surface area contributed by atoms with Crippen LogP contribution in [0.15, 0.2) is 18.2 Å². The number of anilines is 1. The number of carbonyl (C=O) groups is 1. The van der Waals surface area contributed by atoms with E-state index in [9.17, 15) is 18.0 Å². The van der Waals surface area contributed by atoms with Gasteiger partial charge in [-0.1, -0.05) is 29.7 Å². The Morgan fingerprint density at radius 2 is 1.67 bits per heavy atom. The van der Waals surface area contributed by atoms with Crippen LogP contribution in [0.2, 0.25) is 0 Å². The van der Waals surface area contributed by atoms with Gasteiger partial charge < -0.3 is 15.0 Å². The maximum atomic E-state index is 12.5. The van der Waals surface area contributed by atoms with E-state index in [1.54, 1.807) is 4.90 Å². The number of nitrogens with one attached hydrogen (secondary N) is 1. The number of hydrogen-bond donors (Lipinski definition) is 1. The van der Waals surface area contributed by atoms with Gasteiger partial charge in [0.15, 0.2) is 0 Å². The second-order valence-electron chi connectivity index (χ2n) is 4.56. The van der Waals surface area contributed by atoms with Gasteiger partial charge in [0.2, 0.25) is 0 Å². The van der Waals surface area contributed by atoms with E-state index in [1.807, 2.05) is 0 Å². The van der Waals surface area contributed by atoms with Crippen LogP contribution in [0.5, 0.6) is 0 Å². The second-order valence-corrected chi connectivity index (χ2v) is 4.56. The first kappa shape index (κ1) is 27.1. The molecule has 2 amide bonds. The first-order valence-corrected chi connectivity index (χ1v) is 6.19. The van der Waals surface area contributed by atoms with Crippen molar-refractivity contribution in [2.24, 2.45) is 0 Å². The molecule has 0 spiro atoms. The van der Waals surface area contributed by atoms with Gasteiger partial charge in [-0.15, -0.1) is 0 Å². The quantitative estimate of drug-likeness (QED) is 0.733. The lowest BCUT2D eigenvalue weighted by molar-refractivity contribution is -0.137. The van der Waals surface area contributed by atoms with E-state index in [0.717, 1.165) is 12.1 Å². The molecule has 1 heterocycles. The smallest absolute Gasteiger partial charge is 0.378 e. The van der Waals surface area contributed by atoms with Crippen LogP contribution in [-0.4, -0.2) is 37.2 Å². The molecule has 7 heteroatoms. The molecule has 24 heavy (non-hydrogen) atoms. The molecular weight excluding hydrogens is 321 g/mol. The van der Waals surface area contributed by atoms with Gasteiger partial charge in [-0.25, -0.2) is 4.79 Å². The van der Waals surface area contributed by atoms with Gasteiger partial charge >= 0.3 is 12.2 Å². The summed E-state index contributed by atoms with van der Waals surface area (Å²) in [7, 11) is 0. The van der Waals surface area contributed by atoms with Crippen molar-refractivity contribution < 1.29 is 22.7 Å². The fourth-order valence-electron chi connectivity index (χ4n) is 1.94. The van der Waals surface area contributed by atoms with Crippen molar-refractivity contribution >= 4 is 11.7 Å². The molecular formula is C17H31F3N2O2. The zero-order valence-corrected chi connectivity index (χ0v) is 11.0. The number of morpholine rings is 1. The first-order valence-electron chi connectivity index (χ1n) is 6.19. The molecule has 1 aromatic carbocycles. The molecule has 0 unspecified atom stereocenters. The van der Waals surface area contributed by atoms with Crippen LogP contribution in [0, 0.1) is 6.92 Å². The summed E-state index contributed by atoms with van der Waals surface area (Å²) < 4.78 is 42.8. The molecule has 142 valence electrons. The van der Waals surface area contributed by atoms with Crippen LogP contribution in [0.4, 0.5) is 23.7 Å². The van der Waals surface area contributed by atoms with Crippen LogP contribution in [0.3, 0.4) is 0 Å². The number of urea groups is 1. The summed E-state index contributed by atoms with van der Waals surface area (Å²) >= 11 is 0. The number of carbonyl (C=O) groups excluding carboxylic acids is 1. The molecule has 1 saturated heterocycles. The third kappa shape index (κ3) is 6.78. The van der Waals surface area contributed by atoms with Gasteiger partial charge in [-0.3, -0.25) is 0 Å². The van der Waals surface area contributed by atoms with E-state index >= 15 is 0 Å². The molecule has 1 fully saturated rings. The standard InChI is InChI=1S/C13H15F3N2O2.4CH4/c1-9-8-10(13(14,15)16)2-3-11(9)17-12(19)18-4-6-20-7-5-18;;;;/h2-3,8H,4-7H2,1H3,(H,17,19);4*1H4. The fraction of sp³-hybridized carbons (Fsp3) is 0.588. The number of benzene rings is 1. The monoisotopic (exact) mass is 352 g/mol. The number of nitrogens with zero attached hydrogens (tertiary/aromatic N) is 1. The van der Waals surface area contributed by atoms with Gasteiger partial charge in [0.05, 0.1) is 18.8 Å². The molecule has 1 aliphatic rings. The van der Waals surface area contributed by atoms with Gasteiger partial charge in [-0.05, 0) is 30.7 Å². The number of rotatable bonds is 1. The summed E-state index contributed by atoms with van der Waals surface area (Å²) in [4.78, 5) is 13.5. The lowest BCUT2D eigenvalue weighted by Crippen LogP contribution is -2.43. The molecule has 0 aromatic heterocycles. The summed E-state index contributed by atoms with van der Waals surface area (Å²) in [5.74, 6) is 0. The van der Waals surface area contributed by atoms with Crippen LogP contribution >= 0.6 is 0 Å². The average molecular weight is 352 g/mol. The summed E-state index contributed by atoms with van der Waals surface area (Å²) in [6.07, 6.45) is -4.38. The number of aryl methyl sites for hydroxylation is 1. The molecule has 1 N–H and O–H groups in total. The maximum absolute atomic E-state index is 12.5. The average Bonchev–Trinajstić information content (AvgIpc) is 2.41. The summed E-state index contributed by atoms with van der Waals surface area (Å²) in [5.41, 5.74) is 0.0373. The molecule has 1 aromatic rings. The van der Waals surface area contributed by atoms with Crippen molar-refractivity contribution in [2.45, 2.75) is 42.8 Å². The SMILES string of the molecule is C.C.C.C.Cc1cc(C(F)(F)F)ccc1NC(=O)N1CCOCC1. The number of hydrogen-bond acceptors (Lipinski definition) is 2. The highest BCUT2D eigenvalue weighted by Crippen LogP contribution is 2.31. The lowest BCUT2D eigenvalue weighted by atomic mass is 10.1. The van der Waals surface area contributed by atoms with E-state index < -0.39 is 11.7 Å². The highest BCUT2D eigenvalue weighted by Gasteiger charge is 2.30. The third-order valence-corrected chi connectivity index (χ3v) is 3.09. The van der Waals surface area contributed by atoms with Gasteiger partial charge in [0.1, 0.15) is 0 Å². The van der Waals surface area contributed by atoms with E-state index in [2.05, 4.69) is 5.32 Å². The first-order chi connectivity index (χ1) is 9.38. The molecule has 0 radical (unpaired) electrons. The molecule has 4 nitrogen and oxygen atoms in total. The Bertz CT molecular complexity index is 499. The summed E-state index contributed by atoms with van der Waals surface area (Å²) in [5, 5.41) is 2.62. The molecule has 0 bridgehead atoms. The van der Waals surface area contributed by atoms with Crippen molar-refractivity contribution in [3.8, 4) is 0 Å². The minimum Gasteiger partial charge on any atom is -0.378 e. The van der Waals surface area contributed by atoms with Gasteiger partial charge in [0, 0.05) is 18.8 Å². The summed E-state index contributed by atoms with van der Waals surface area (Å²) in [6, 6.07) is 2.93. The Morgan fingerprint density at radius 3 is 2.12 bits per heavy atom.